The molecule has 15 rings (SSSR count). The van der Waals surface area contributed by atoms with E-state index in [9.17, 15) is 0 Å². The second kappa shape index (κ2) is 44.4. The number of benzene rings is 15. The molecule has 0 unspecified atom stereocenters. The van der Waals surface area contributed by atoms with E-state index in [1.807, 2.05) is 382 Å². The van der Waals surface area contributed by atoms with Crippen molar-refractivity contribution >= 4 is 121 Å². The summed E-state index contributed by atoms with van der Waals surface area (Å²) in [6.45, 7) is 51.9. The smallest absolute Gasteiger partial charge is 0.512 e. The minimum atomic E-state index is -3.45. The fraction of sp³-hybridized carbons (Fsp3) is 0.0862. The van der Waals surface area contributed by atoms with E-state index in [0.29, 0.717) is 23.0 Å². The molecule has 18 heteroatoms. The Kier molecular flexibility index (Phi) is 32.0. The Morgan fingerprint density at radius 1 is 0.179 bits per heavy atom. The molecule has 0 saturated carbocycles. The molecule has 674 valence electrons. The lowest BCUT2D eigenvalue weighted by atomic mass is 10.00. The Bertz CT molecular complexity index is 6040. The first-order chi connectivity index (χ1) is 64.6. The van der Waals surface area contributed by atoms with Gasteiger partial charge in [-0.25, -0.2) is 0 Å². The second-order valence-electron chi connectivity index (χ2n) is 33.5. The fourth-order valence-electron chi connectivity index (χ4n) is 15.0. The lowest BCUT2D eigenvalue weighted by Gasteiger charge is -2.33. The van der Waals surface area contributed by atoms with Gasteiger partial charge in [0, 0.05) is 84.2 Å². The van der Waals surface area contributed by atoms with Crippen molar-refractivity contribution in [3.63, 3.8) is 0 Å². The summed E-state index contributed by atoms with van der Waals surface area (Å²) in [6, 6.07) is 121. The van der Waals surface area contributed by atoms with E-state index in [-0.39, 0.29) is 0 Å². The molecule has 0 heterocycles. The zero-order valence-electron chi connectivity index (χ0n) is 77.8. The van der Waals surface area contributed by atoms with E-state index in [0.717, 1.165) is 145 Å². The topological polar surface area (TPSA) is 111 Å². The molecule has 0 bridgehead atoms. The summed E-state index contributed by atoms with van der Waals surface area (Å²) in [7, 11) is -16.7. The van der Waals surface area contributed by atoms with Gasteiger partial charge < -0.3 is 53.1 Å². The van der Waals surface area contributed by atoms with Crippen LogP contribution in [0.1, 0.15) is 55.6 Å². The molecular formula is C116H114O12Si6. The van der Waals surface area contributed by atoms with Gasteiger partial charge in [-0.1, -0.05) is 320 Å². The predicted octanol–water partition coefficient (Wildman–Crippen LogP) is 28.2. The van der Waals surface area contributed by atoms with Gasteiger partial charge in [0.25, 0.3) is 0 Å². The highest BCUT2D eigenvalue weighted by Crippen LogP contribution is 2.38. The Balaban J connectivity index is 0.000000182. The molecule has 0 amide bonds. The molecule has 0 aliphatic heterocycles. The van der Waals surface area contributed by atoms with E-state index in [4.69, 9.17) is 53.1 Å². The molecule has 15 aromatic rings. The van der Waals surface area contributed by atoms with Gasteiger partial charge >= 0.3 is 51.4 Å². The van der Waals surface area contributed by atoms with Gasteiger partial charge in [-0.15, -0.1) is 0 Å². The zero-order chi connectivity index (χ0) is 94.9. The third-order valence-electron chi connectivity index (χ3n) is 21.6. The Labute approximate surface area is 797 Å². The lowest BCUT2D eigenvalue weighted by Crippen LogP contribution is -2.68. The highest BCUT2D eigenvalue weighted by Gasteiger charge is 2.50. The largest absolute Gasteiger partial charge is 0.531 e. The number of hydrogen-bond donors (Lipinski definition) is 0. The van der Waals surface area contributed by atoms with E-state index < -0.39 is 51.4 Å². The van der Waals surface area contributed by atoms with Crippen LogP contribution in [0.5, 0.6) is 69.0 Å². The SMILES string of the molecule is C=Cc1ccc(O[Si](C)(C)Oc2ccc(-c3ccc(O[Si](C)(C)Oc4ccc(C=C)cc4)cc3)cc2)cc1.C=Cc1ccc(O[Si](C)(C)Oc2ccc(O[Si](C)(C)Oc3ccc(C=C)c(C)c3)cc2)cc1C.C=Cc1ccc(O[Si](Oc2ccc(-c3ccc(O[Si](Oc4ccc(C=C)cc4)(c4ccccc4)c4ccccc4)c(C=C)c3)cc2C=C)(c2ccccc2)c2ccccc2)cc1. The summed E-state index contributed by atoms with van der Waals surface area (Å²) in [5, 5.41) is 3.86. The first kappa shape index (κ1) is 96.7. The van der Waals surface area contributed by atoms with Crippen LogP contribution in [-0.4, -0.2) is 51.4 Å². The highest BCUT2D eigenvalue weighted by atomic mass is 28.4. The summed E-state index contributed by atoms with van der Waals surface area (Å²) < 4.78 is 78.5. The van der Waals surface area contributed by atoms with Crippen LogP contribution in [0.3, 0.4) is 0 Å². The third kappa shape index (κ3) is 25.9. The van der Waals surface area contributed by atoms with Crippen molar-refractivity contribution in [3.8, 4) is 91.2 Å². The molecule has 0 aromatic heterocycles. The molecule has 0 aliphatic carbocycles. The van der Waals surface area contributed by atoms with Crippen molar-refractivity contribution in [2.75, 3.05) is 0 Å². The van der Waals surface area contributed by atoms with Crippen molar-refractivity contribution in [1.82, 2.24) is 0 Å². The van der Waals surface area contributed by atoms with E-state index in [1.165, 1.54) is 0 Å². The van der Waals surface area contributed by atoms with Crippen LogP contribution in [0.2, 0.25) is 52.4 Å². The molecular weight excluding hydrogens is 1750 g/mol. The maximum Gasteiger partial charge on any atom is 0.531 e. The summed E-state index contributed by atoms with van der Waals surface area (Å²) in [6.07, 6.45) is 14.6. The average molecular weight is 1870 g/mol. The Hall–Kier alpha value is -14.9. The van der Waals surface area contributed by atoms with Gasteiger partial charge in [-0.05, 0) is 226 Å². The van der Waals surface area contributed by atoms with Crippen LogP contribution in [0.4, 0.5) is 0 Å². The van der Waals surface area contributed by atoms with E-state index >= 15 is 0 Å². The molecule has 0 N–H and O–H groups in total. The van der Waals surface area contributed by atoms with Gasteiger partial charge in [0.15, 0.2) is 0 Å². The standard InChI is InChI=1S/C56H46O4Si2.C32H34O4Si2.C28H34O4Si2/c1-5-43-29-35-49(36-30-43)57-61(51-21-13-9-14-22-51,52-23-15-10-16-24-52)59-55-39-33-47(41-45(55)7-3)48-34-40-56(46(8-4)42-48)60-62(53-25-17-11-18-26-53,54-27-19-12-20-28-54)58-50-37-31-44(6-2)32-38-50;1-7-25-9-17-29(18-10-25)33-37(3,4)35-31-21-13-27(14-22-31)28-15-23-32(24-16-28)36-38(5,6)34-30-19-11-26(8-2)12-20-30;1-9-23-11-13-27(19-21(23)3)31-33(5,6)29-25-15-17-26(18-16-25)30-34(7,8)32-28-14-12-24(10-2)22(4)20-28/h5-42H,1-4H2;7-24H,1-2H2,3-6H3;9-20H,1-2H2,3-8H3. The monoisotopic (exact) mass is 1870 g/mol. The predicted molar refractivity (Wildman–Crippen MR) is 572 cm³/mol. The van der Waals surface area contributed by atoms with Gasteiger partial charge in [-0.2, -0.15) is 0 Å². The molecule has 12 nitrogen and oxygen atoms in total. The van der Waals surface area contributed by atoms with Crippen molar-refractivity contribution < 1.29 is 53.1 Å². The fourth-order valence-corrected chi connectivity index (χ4v) is 26.9. The van der Waals surface area contributed by atoms with Gasteiger partial charge in [-0.3, -0.25) is 0 Å². The van der Waals surface area contributed by atoms with Crippen LogP contribution in [-0.2, 0) is 0 Å². The highest BCUT2D eigenvalue weighted by molar-refractivity contribution is 6.94. The van der Waals surface area contributed by atoms with Crippen LogP contribution in [0.15, 0.2) is 417 Å². The molecule has 15 aromatic carbocycles. The summed E-state index contributed by atoms with van der Waals surface area (Å²) in [5.74, 6) is 9.02. The molecule has 134 heavy (non-hydrogen) atoms. The minimum absolute atomic E-state index is 0.662. The first-order valence-corrected chi connectivity index (χ1v) is 59.2. The van der Waals surface area contributed by atoms with Crippen molar-refractivity contribution in [1.29, 1.82) is 0 Å². The van der Waals surface area contributed by atoms with Crippen LogP contribution in [0.25, 0.3) is 70.9 Å². The van der Waals surface area contributed by atoms with Crippen LogP contribution >= 0.6 is 0 Å². The number of hydrogen-bond acceptors (Lipinski definition) is 12. The van der Waals surface area contributed by atoms with E-state index in [2.05, 4.69) is 150 Å². The lowest BCUT2D eigenvalue weighted by molar-refractivity contribution is 0.392. The summed E-state index contributed by atoms with van der Waals surface area (Å²) in [4.78, 5) is 0. The molecule has 0 fully saturated rings. The van der Waals surface area contributed by atoms with Gasteiger partial charge in [0.05, 0.1) is 0 Å². The average Bonchev–Trinajstić information content (AvgIpc) is 0.761. The number of aryl methyl sites for hydroxylation is 2. The van der Waals surface area contributed by atoms with Gasteiger partial charge in [0.1, 0.15) is 69.0 Å². The normalized spacial score (nSPS) is 11.3. The van der Waals surface area contributed by atoms with Crippen molar-refractivity contribution in [2.24, 2.45) is 0 Å². The molecule has 0 aliphatic rings. The van der Waals surface area contributed by atoms with Crippen molar-refractivity contribution in [3.05, 3.63) is 472 Å². The summed E-state index contributed by atoms with van der Waals surface area (Å²) in [5.41, 5.74) is 14.4. The van der Waals surface area contributed by atoms with E-state index in [1.54, 1.807) is 0 Å². The molecule has 0 atom stereocenters. The van der Waals surface area contributed by atoms with Crippen LogP contribution in [0, 0.1) is 13.8 Å². The number of rotatable bonds is 38. The maximum absolute atomic E-state index is 7.29. The first-order valence-electron chi connectivity index (χ1n) is 44.3. The van der Waals surface area contributed by atoms with Crippen LogP contribution < -0.4 is 73.9 Å². The molecule has 0 spiro atoms. The molecule has 0 saturated heterocycles. The quantitative estimate of drug-likeness (QED) is 0.0344. The maximum atomic E-state index is 7.29. The molecule has 0 radical (unpaired) electrons. The summed E-state index contributed by atoms with van der Waals surface area (Å²) >= 11 is 0. The van der Waals surface area contributed by atoms with Gasteiger partial charge in [0.2, 0.25) is 0 Å². The Morgan fingerprint density at radius 2 is 0.381 bits per heavy atom. The minimum Gasteiger partial charge on any atom is -0.512 e. The Morgan fingerprint density at radius 3 is 0.604 bits per heavy atom. The van der Waals surface area contributed by atoms with Crippen molar-refractivity contribution in [2.45, 2.75) is 66.2 Å². The zero-order valence-corrected chi connectivity index (χ0v) is 83.8. The second-order valence-corrected chi connectivity index (χ2v) is 51.9. The third-order valence-corrected chi connectivity index (χ3v) is 33.9.